The maximum absolute atomic E-state index is 12.1. The predicted molar refractivity (Wildman–Crippen MR) is 314 cm³/mol. The third-order valence-corrected chi connectivity index (χ3v) is 21.2. The quantitative estimate of drug-likeness (QED) is 0.0208. The number of carboxylic acids is 1. The highest BCUT2D eigenvalue weighted by Crippen LogP contribution is 2.65. The molecule has 4 fully saturated rings. The highest BCUT2D eigenvalue weighted by molar-refractivity contribution is 5.72. The first kappa shape index (κ1) is 64.0. The minimum Gasteiger partial charge on any atom is -0.508 e. The van der Waals surface area contributed by atoms with Crippen molar-refractivity contribution in [3.63, 3.8) is 0 Å². The Morgan fingerprint density at radius 1 is 0.551 bits per heavy atom. The number of aliphatic hydroxyl groups is 2. The van der Waals surface area contributed by atoms with Crippen LogP contribution in [-0.2, 0) is 32.1 Å². The number of carbonyl (C=O) groups excluding carboxylic acids is 1. The van der Waals surface area contributed by atoms with E-state index >= 15 is 0 Å². The van der Waals surface area contributed by atoms with Crippen molar-refractivity contribution in [1.82, 2.24) is 0 Å². The van der Waals surface area contributed by atoms with Crippen LogP contribution < -0.4 is 0 Å². The average Bonchev–Trinajstić information content (AvgIpc) is 4.11. The maximum Gasteiger partial charge on any atom is 0.308 e. The number of carbonyl (C=O) groups is 2. The number of phenols is 2. The molecule has 0 bridgehead atoms. The van der Waals surface area contributed by atoms with Crippen LogP contribution in [0.1, 0.15) is 268 Å². The van der Waals surface area contributed by atoms with Gasteiger partial charge >= 0.3 is 11.9 Å². The number of aromatic hydroxyl groups is 2. The molecule has 2 aromatic rings. The van der Waals surface area contributed by atoms with Crippen LogP contribution in [0, 0.1) is 58.2 Å². The van der Waals surface area contributed by atoms with Crippen LogP contribution in [0.25, 0.3) is 0 Å². The number of aryl methyl sites for hydroxylation is 2. The molecule has 0 saturated heterocycles. The molecular weight excluding hydrogens is 977 g/mol. The molecule has 2 aromatic carbocycles. The second-order valence-corrected chi connectivity index (χ2v) is 26.1. The van der Waals surface area contributed by atoms with Gasteiger partial charge in [0.05, 0.1) is 37.3 Å². The number of ether oxygens (including phenoxy) is 1. The Morgan fingerprint density at radius 2 is 0.949 bits per heavy atom. The van der Waals surface area contributed by atoms with Gasteiger partial charge in [-0.2, -0.15) is 0 Å². The molecule has 0 aromatic heterocycles. The van der Waals surface area contributed by atoms with E-state index < -0.39 is 5.97 Å². The fourth-order valence-electron chi connectivity index (χ4n) is 17.3. The Balaban J connectivity index is 0.000000236. The second-order valence-electron chi connectivity index (χ2n) is 26.1. The Bertz CT molecular complexity index is 2090. The van der Waals surface area contributed by atoms with Gasteiger partial charge in [0.15, 0.2) is 0 Å². The van der Waals surface area contributed by atoms with Gasteiger partial charge in [0.2, 0.25) is 0 Å². The largest absolute Gasteiger partial charge is 0.508 e. The van der Waals surface area contributed by atoms with Crippen LogP contribution >= 0.6 is 0 Å². The van der Waals surface area contributed by atoms with E-state index in [9.17, 15) is 35.1 Å². The van der Waals surface area contributed by atoms with Gasteiger partial charge in [-0.05, 0) is 221 Å². The number of benzene rings is 2. The smallest absolute Gasteiger partial charge is 0.308 e. The summed E-state index contributed by atoms with van der Waals surface area (Å²) in [5, 5.41) is 58.8. The zero-order valence-corrected chi connectivity index (χ0v) is 49.8. The maximum atomic E-state index is 12.1. The molecule has 6 aliphatic rings. The fourth-order valence-corrected chi connectivity index (χ4v) is 17.3. The number of carboxylic acid groups (broad SMARTS) is 1. The topological polar surface area (TPSA) is 174 Å². The molecule has 0 spiro atoms. The van der Waals surface area contributed by atoms with Gasteiger partial charge in [0, 0.05) is 0 Å². The number of unbranched alkanes of at least 4 members (excludes halogenated alkanes) is 12. The number of hydrogen-bond acceptors (Lipinski definition) is 9. The van der Waals surface area contributed by atoms with E-state index in [0.717, 1.165) is 96.3 Å². The molecule has 6 aliphatic carbocycles. The molecule has 0 aliphatic heterocycles. The monoisotopic (exact) mass is 1090 g/mol. The highest BCUT2D eigenvalue weighted by atomic mass is 17.1. The van der Waals surface area contributed by atoms with Crippen LogP contribution in [0.3, 0.4) is 0 Å². The van der Waals surface area contributed by atoms with E-state index in [0.29, 0.717) is 72.1 Å². The van der Waals surface area contributed by atoms with Crippen molar-refractivity contribution in [2.45, 2.75) is 271 Å². The molecule has 442 valence electrons. The van der Waals surface area contributed by atoms with Crippen molar-refractivity contribution < 1.29 is 50.0 Å². The van der Waals surface area contributed by atoms with Crippen molar-refractivity contribution in [3.05, 3.63) is 58.7 Å². The standard InChI is InChI=1S/C34H54O4.C32H50O4.C2H6O2/c1-4-13-24(33(37)38-5-2)14-11-9-7-6-8-10-12-15-26-23-34(3)30(20-21-31(34)36)29-18-16-25-22-27(35)17-19-28(25)32(26)29;1-3-11-22(31(35)36)12-9-7-5-4-6-8-10-13-24-21-32(2)28(18-19-29(32)34)27-16-14-23-20-25(33)15-17-26(23)30(24)27;1-2-4-3/h17,19,22,24,26,29-32,35-36H,4-16,18,20-21,23H2,1-3H3;15,17,20,22,24,27-30,33-34H,3-14,16,18-19,21H2,1-2H3,(H,35,36);3H,2H2,1H3/t24?,26-,29?,30?,31-,32?,34-;22?,24-,27?,28?,29-,30?,32-;/m00./s1. The first-order valence-electron chi connectivity index (χ1n) is 32.3. The summed E-state index contributed by atoms with van der Waals surface area (Å²) in [7, 11) is 0. The minimum atomic E-state index is -0.621. The third kappa shape index (κ3) is 16.5. The van der Waals surface area contributed by atoms with Crippen LogP contribution in [0.15, 0.2) is 36.4 Å². The zero-order valence-electron chi connectivity index (χ0n) is 49.8. The molecule has 10 nitrogen and oxygen atoms in total. The molecule has 8 unspecified atom stereocenters. The Morgan fingerprint density at radius 3 is 1.35 bits per heavy atom. The summed E-state index contributed by atoms with van der Waals surface area (Å²) in [6.07, 6.45) is 36.1. The molecule has 0 amide bonds. The Labute approximate surface area is 472 Å². The van der Waals surface area contributed by atoms with Gasteiger partial charge in [-0.15, -0.1) is 0 Å². The van der Waals surface area contributed by atoms with Crippen molar-refractivity contribution in [2.24, 2.45) is 58.2 Å². The zero-order chi connectivity index (χ0) is 56.2. The molecule has 0 radical (unpaired) electrons. The van der Waals surface area contributed by atoms with Gasteiger partial charge in [-0.1, -0.05) is 143 Å². The number of aliphatic carboxylic acids is 1. The fraction of sp³-hybridized carbons (Fsp3) is 0.794. The lowest BCUT2D eigenvalue weighted by atomic mass is 9.51. The van der Waals surface area contributed by atoms with Gasteiger partial charge in [-0.25, -0.2) is 4.89 Å². The van der Waals surface area contributed by atoms with E-state index in [1.54, 1.807) is 6.92 Å². The summed E-state index contributed by atoms with van der Waals surface area (Å²) >= 11 is 0. The molecule has 4 saturated carbocycles. The van der Waals surface area contributed by atoms with Crippen molar-refractivity contribution in [1.29, 1.82) is 0 Å². The van der Waals surface area contributed by atoms with E-state index in [1.807, 2.05) is 31.2 Å². The van der Waals surface area contributed by atoms with E-state index in [4.69, 9.17) is 9.99 Å². The number of aliphatic hydroxyl groups excluding tert-OH is 2. The third-order valence-electron chi connectivity index (χ3n) is 21.2. The van der Waals surface area contributed by atoms with Gasteiger partial charge in [0.25, 0.3) is 0 Å². The summed E-state index contributed by atoms with van der Waals surface area (Å²) in [4.78, 5) is 27.0. The second kappa shape index (κ2) is 31.9. The lowest BCUT2D eigenvalue weighted by Gasteiger charge is -2.54. The van der Waals surface area contributed by atoms with Crippen molar-refractivity contribution in [3.8, 4) is 11.5 Å². The lowest BCUT2D eigenvalue weighted by Crippen LogP contribution is -2.47. The Kier molecular flexibility index (Phi) is 26.2. The van der Waals surface area contributed by atoms with Crippen molar-refractivity contribution in [2.75, 3.05) is 13.2 Å². The van der Waals surface area contributed by atoms with E-state index in [-0.39, 0.29) is 40.8 Å². The number of esters is 1. The minimum absolute atomic E-state index is 0.00185. The molecule has 10 heteroatoms. The molecule has 8 rings (SSSR count). The molecule has 6 N–H and O–H groups in total. The van der Waals surface area contributed by atoms with Gasteiger partial charge in [0.1, 0.15) is 11.5 Å². The lowest BCUT2D eigenvalue weighted by molar-refractivity contribution is -0.237. The first-order chi connectivity index (χ1) is 37.6. The van der Waals surface area contributed by atoms with E-state index in [2.05, 4.69) is 44.7 Å². The summed E-state index contributed by atoms with van der Waals surface area (Å²) in [5.74, 6) is 5.18. The number of hydrogen-bond donors (Lipinski definition) is 6. The normalized spacial score (nSPS) is 30.1. The summed E-state index contributed by atoms with van der Waals surface area (Å²) in [6.45, 7) is 13.4. The Hall–Kier alpha value is -3.18. The predicted octanol–water partition coefficient (Wildman–Crippen LogP) is 16.7. The number of rotatable bonds is 28. The van der Waals surface area contributed by atoms with Gasteiger partial charge in [-0.3, -0.25) is 14.8 Å². The molecular formula is C68H110O10. The molecule has 78 heavy (non-hydrogen) atoms. The number of phenolic OH excluding ortho intramolecular Hbond substituents is 2. The van der Waals surface area contributed by atoms with Crippen LogP contribution in [-0.4, -0.2) is 68.2 Å². The highest BCUT2D eigenvalue weighted by Gasteiger charge is 2.58. The van der Waals surface area contributed by atoms with Crippen molar-refractivity contribution >= 4 is 11.9 Å². The van der Waals surface area contributed by atoms with Crippen LogP contribution in [0.4, 0.5) is 0 Å². The SMILES string of the molecule is CCCC(CCCCCCCCC[C@H]1C[C@@]2(C)C(CC[C@@H]2O)C2CCc3cc(O)ccc3C21)C(=O)O.CCCC(CCCCCCCCC[C@H]1C[C@@]2(C)C(CC[C@@H]2O)C2CCc3cc(O)ccc3C21)C(=O)OCC.CCOO. The summed E-state index contributed by atoms with van der Waals surface area (Å²) in [5.41, 5.74) is 5.86. The summed E-state index contributed by atoms with van der Waals surface area (Å²) < 4.78 is 5.26. The molecule has 0 heterocycles. The average molecular weight is 1090 g/mol. The number of fused-ring (bicyclic) bond motifs is 10. The van der Waals surface area contributed by atoms with Crippen LogP contribution in [0.5, 0.6) is 11.5 Å². The first-order valence-corrected chi connectivity index (χ1v) is 32.3. The van der Waals surface area contributed by atoms with Crippen LogP contribution in [0.2, 0.25) is 0 Å². The summed E-state index contributed by atoms with van der Waals surface area (Å²) in [6, 6.07) is 12.2. The molecule has 14 atom stereocenters. The van der Waals surface area contributed by atoms with E-state index in [1.165, 1.54) is 131 Å². The van der Waals surface area contributed by atoms with Gasteiger partial charge < -0.3 is 30.3 Å².